The van der Waals surface area contributed by atoms with Crippen LogP contribution >= 0.6 is 0 Å². The molecule has 0 spiro atoms. The summed E-state index contributed by atoms with van der Waals surface area (Å²) >= 11 is 0. The first-order valence-electron chi connectivity index (χ1n) is 5.43. The molecule has 0 amide bonds. The molecule has 0 aromatic carbocycles. The Morgan fingerprint density at radius 3 is 3.00 bits per heavy atom. The monoisotopic (exact) mass is 215 g/mol. The van der Waals surface area contributed by atoms with Crippen LogP contribution in [0.4, 0.5) is 0 Å². The van der Waals surface area contributed by atoms with Crippen molar-refractivity contribution in [2.45, 2.75) is 31.0 Å². The van der Waals surface area contributed by atoms with Gasteiger partial charge in [-0.25, -0.2) is 4.79 Å². The molecule has 2 aliphatic rings. The third-order valence-corrected chi connectivity index (χ3v) is 3.02. The van der Waals surface area contributed by atoms with E-state index in [0.717, 1.165) is 19.4 Å². The van der Waals surface area contributed by atoms with Crippen molar-refractivity contribution < 1.29 is 19.4 Å². The highest BCUT2D eigenvalue weighted by molar-refractivity contribution is 5.78. The average molecular weight is 215 g/mol. The number of carboxylic acids is 1. The van der Waals surface area contributed by atoms with Crippen LogP contribution in [0.3, 0.4) is 0 Å². The first-order valence-corrected chi connectivity index (χ1v) is 5.43. The van der Waals surface area contributed by atoms with Crippen LogP contribution in [0.5, 0.6) is 0 Å². The molecular formula is C10H17NO4. The zero-order chi connectivity index (χ0) is 10.7. The van der Waals surface area contributed by atoms with Crippen LogP contribution in [0.2, 0.25) is 0 Å². The summed E-state index contributed by atoms with van der Waals surface area (Å²) in [4.78, 5) is 11.2. The molecule has 2 heterocycles. The molecule has 0 aromatic heterocycles. The van der Waals surface area contributed by atoms with E-state index in [9.17, 15) is 9.90 Å². The van der Waals surface area contributed by atoms with Crippen molar-refractivity contribution >= 4 is 5.97 Å². The second kappa shape index (κ2) is 4.47. The lowest BCUT2D eigenvalue weighted by Gasteiger charge is -2.31. The van der Waals surface area contributed by atoms with Crippen molar-refractivity contribution in [3.63, 3.8) is 0 Å². The maximum atomic E-state index is 11.2. The zero-order valence-electron chi connectivity index (χ0n) is 8.70. The van der Waals surface area contributed by atoms with E-state index in [1.165, 1.54) is 0 Å². The first-order chi connectivity index (χ1) is 7.23. The van der Waals surface area contributed by atoms with Crippen molar-refractivity contribution in [3.05, 3.63) is 0 Å². The molecule has 0 radical (unpaired) electrons. The second-order valence-electron chi connectivity index (χ2n) is 4.18. The molecule has 5 nitrogen and oxygen atoms in total. The van der Waals surface area contributed by atoms with E-state index >= 15 is 0 Å². The predicted octanol–water partition coefficient (Wildman–Crippen LogP) is -0.00130. The molecule has 0 aliphatic carbocycles. The van der Waals surface area contributed by atoms with Gasteiger partial charge in [-0.2, -0.15) is 0 Å². The Labute approximate surface area is 88.7 Å². The molecule has 2 unspecified atom stereocenters. The molecule has 0 saturated carbocycles. The van der Waals surface area contributed by atoms with Crippen LogP contribution in [-0.4, -0.2) is 49.1 Å². The summed E-state index contributed by atoms with van der Waals surface area (Å²) < 4.78 is 11.0. The van der Waals surface area contributed by atoms with Gasteiger partial charge in [0.2, 0.25) is 0 Å². The molecule has 0 aromatic rings. The number of ether oxygens (including phenoxy) is 2. The number of aliphatic carboxylic acids is 1. The third-order valence-electron chi connectivity index (χ3n) is 3.02. The SMILES string of the molecule is O=C(O)C1(OC2CCCOC2)CCNC1. The van der Waals surface area contributed by atoms with Gasteiger partial charge in [-0.05, 0) is 19.4 Å². The highest BCUT2D eigenvalue weighted by Gasteiger charge is 2.44. The quantitative estimate of drug-likeness (QED) is 0.693. The minimum Gasteiger partial charge on any atom is -0.479 e. The van der Waals surface area contributed by atoms with Crippen LogP contribution in [0, 0.1) is 0 Å². The smallest absolute Gasteiger partial charge is 0.337 e. The Bertz CT molecular complexity index is 232. The number of rotatable bonds is 3. The van der Waals surface area contributed by atoms with Gasteiger partial charge in [0.05, 0.1) is 12.7 Å². The minimum absolute atomic E-state index is 0.0604. The van der Waals surface area contributed by atoms with Crippen LogP contribution in [-0.2, 0) is 14.3 Å². The topological polar surface area (TPSA) is 67.8 Å². The Kier molecular flexibility index (Phi) is 3.23. The van der Waals surface area contributed by atoms with E-state index in [4.69, 9.17) is 9.47 Å². The van der Waals surface area contributed by atoms with Gasteiger partial charge in [-0.1, -0.05) is 0 Å². The largest absolute Gasteiger partial charge is 0.479 e. The van der Waals surface area contributed by atoms with Gasteiger partial charge in [0.1, 0.15) is 0 Å². The summed E-state index contributed by atoms with van der Waals surface area (Å²) in [7, 11) is 0. The van der Waals surface area contributed by atoms with Crippen molar-refractivity contribution in [2.75, 3.05) is 26.3 Å². The summed E-state index contributed by atoms with van der Waals surface area (Å²) in [5.74, 6) is -0.863. The van der Waals surface area contributed by atoms with Crippen LogP contribution in [0.15, 0.2) is 0 Å². The van der Waals surface area contributed by atoms with Crippen molar-refractivity contribution in [1.82, 2.24) is 5.32 Å². The molecule has 0 bridgehead atoms. The maximum Gasteiger partial charge on any atom is 0.337 e. The number of carboxylic acid groups (broad SMARTS) is 1. The molecule has 2 atom stereocenters. The van der Waals surface area contributed by atoms with E-state index in [1.54, 1.807) is 0 Å². The van der Waals surface area contributed by atoms with Gasteiger partial charge in [0.25, 0.3) is 0 Å². The standard InChI is InChI=1S/C10H17NO4/c12-9(13)10(3-4-11-7-10)15-8-2-1-5-14-6-8/h8,11H,1-7H2,(H,12,13). The Balaban J connectivity index is 1.96. The molecule has 2 saturated heterocycles. The minimum atomic E-state index is -1.02. The van der Waals surface area contributed by atoms with Gasteiger partial charge in [0.15, 0.2) is 5.60 Å². The highest BCUT2D eigenvalue weighted by atomic mass is 16.6. The third kappa shape index (κ3) is 2.30. The predicted molar refractivity (Wildman–Crippen MR) is 52.8 cm³/mol. The molecule has 86 valence electrons. The van der Waals surface area contributed by atoms with E-state index in [2.05, 4.69) is 5.32 Å². The lowest BCUT2D eigenvalue weighted by Crippen LogP contribution is -2.47. The van der Waals surface area contributed by atoms with Crippen molar-refractivity contribution in [2.24, 2.45) is 0 Å². The summed E-state index contributed by atoms with van der Waals surface area (Å²) in [6.07, 6.45) is 2.33. The Morgan fingerprint density at radius 1 is 1.60 bits per heavy atom. The van der Waals surface area contributed by atoms with Gasteiger partial charge < -0.3 is 19.9 Å². The number of carbonyl (C=O) groups is 1. The average Bonchev–Trinajstić information content (AvgIpc) is 2.69. The Hall–Kier alpha value is -0.650. The lowest BCUT2D eigenvalue weighted by molar-refractivity contribution is -0.179. The van der Waals surface area contributed by atoms with Gasteiger partial charge in [-0.3, -0.25) is 0 Å². The molecule has 5 heteroatoms. The van der Waals surface area contributed by atoms with E-state index < -0.39 is 11.6 Å². The molecule has 15 heavy (non-hydrogen) atoms. The fourth-order valence-corrected chi connectivity index (χ4v) is 2.13. The second-order valence-corrected chi connectivity index (χ2v) is 4.18. The zero-order valence-corrected chi connectivity index (χ0v) is 8.70. The number of hydrogen-bond donors (Lipinski definition) is 2. The van der Waals surface area contributed by atoms with Crippen LogP contribution < -0.4 is 5.32 Å². The first kappa shape index (κ1) is 10.9. The van der Waals surface area contributed by atoms with Gasteiger partial charge in [0, 0.05) is 19.6 Å². The fraction of sp³-hybridized carbons (Fsp3) is 0.900. The Morgan fingerprint density at radius 2 is 2.47 bits per heavy atom. The normalized spacial score (nSPS) is 36.7. The lowest BCUT2D eigenvalue weighted by atomic mass is 10.0. The van der Waals surface area contributed by atoms with Gasteiger partial charge >= 0.3 is 5.97 Å². The molecular weight excluding hydrogens is 198 g/mol. The summed E-state index contributed by atoms with van der Waals surface area (Å²) in [5, 5.41) is 12.2. The van der Waals surface area contributed by atoms with E-state index in [-0.39, 0.29) is 6.10 Å². The number of nitrogens with one attached hydrogen (secondary N) is 1. The van der Waals surface area contributed by atoms with Crippen molar-refractivity contribution in [1.29, 1.82) is 0 Å². The summed E-state index contributed by atoms with van der Waals surface area (Å²) in [6.45, 7) is 2.39. The van der Waals surface area contributed by atoms with E-state index in [0.29, 0.717) is 26.1 Å². The van der Waals surface area contributed by atoms with E-state index in [1.807, 2.05) is 0 Å². The fourth-order valence-electron chi connectivity index (χ4n) is 2.13. The summed E-state index contributed by atoms with van der Waals surface area (Å²) in [6, 6.07) is 0. The van der Waals surface area contributed by atoms with Crippen LogP contribution in [0.1, 0.15) is 19.3 Å². The highest BCUT2D eigenvalue weighted by Crippen LogP contribution is 2.25. The van der Waals surface area contributed by atoms with Gasteiger partial charge in [-0.15, -0.1) is 0 Å². The molecule has 2 rings (SSSR count). The van der Waals surface area contributed by atoms with Crippen molar-refractivity contribution in [3.8, 4) is 0 Å². The molecule has 2 fully saturated rings. The number of hydrogen-bond acceptors (Lipinski definition) is 4. The molecule has 2 aliphatic heterocycles. The van der Waals surface area contributed by atoms with Crippen LogP contribution in [0.25, 0.3) is 0 Å². The molecule has 2 N–H and O–H groups in total. The maximum absolute atomic E-state index is 11.2. The summed E-state index contributed by atoms with van der Waals surface area (Å²) in [5.41, 5.74) is -1.02.